The predicted molar refractivity (Wildman–Crippen MR) is 108 cm³/mol. The SMILES string of the molecule is COc1ccc2[nH]cc(CC(=O)N(CCO)Cc3ccc(Cl)c(Cl)c3)c2c1. The number of methoxy groups -OCH3 is 1. The second-order valence-corrected chi connectivity index (χ2v) is 7.00. The van der Waals surface area contributed by atoms with Crippen molar-refractivity contribution in [3.05, 3.63) is 63.8 Å². The summed E-state index contributed by atoms with van der Waals surface area (Å²) in [6.45, 7) is 0.474. The molecule has 1 aromatic heterocycles. The molecule has 142 valence electrons. The molecule has 3 rings (SSSR count). The zero-order valence-corrected chi connectivity index (χ0v) is 16.3. The first-order valence-corrected chi connectivity index (χ1v) is 9.24. The number of hydrogen-bond donors (Lipinski definition) is 2. The Bertz CT molecular complexity index is 956. The molecule has 7 heteroatoms. The number of ether oxygens (including phenoxy) is 1. The molecule has 0 saturated heterocycles. The van der Waals surface area contributed by atoms with Crippen molar-refractivity contribution in [2.24, 2.45) is 0 Å². The fraction of sp³-hybridized carbons (Fsp3) is 0.250. The van der Waals surface area contributed by atoms with Crippen LogP contribution >= 0.6 is 23.2 Å². The van der Waals surface area contributed by atoms with Crippen molar-refractivity contribution in [1.82, 2.24) is 9.88 Å². The van der Waals surface area contributed by atoms with Gasteiger partial charge in [-0.3, -0.25) is 4.79 Å². The number of aliphatic hydroxyl groups is 1. The first-order chi connectivity index (χ1) is 13.0. The smallest absolute Gasteiger partial charge is 0.227 e. The van der Waals surface area contributed by atoms with Gasteiger partial charge >= 0.3 is 0 Å². The standard InChI is InChI=1S/C20H20Cl2N2O3/c1-27-15-3-5-19-16(10-15)14(11-23-19)9-20(26)24(6-7-25)12-13-2-4-17(21)18(22)8-13/h2-5,8,10-11,23,25H,6-7,9,12H2,1H3. The van der Waals surface area contributed by atoms with Gasteiger partial charge in [-0.05, 0) is 41.5 Å². The van der Waals surface area contributed by atoms with Gasteiger partial charge in [-0.15, -0.1) is 0 Å². The molecule has 1 heterocycles. The third-order valence-electron chi connectivity index (χ3n) is 4.40. The van der Waals surface area contributed by atoms with Gasteiger partial charge in [-0.25, -0.2) is 0 Å². The maximum Gasteiger partial charge on any atom is 0.227 e. The minimum atomic E-state index is -0.116. The van der Waals surface area contributed by atoms with Crippen LogP contribution in [-0.4, -0.2) is 41.2 Å². The van der Waals surface area contributed by atoms with Crippen molar-refractivity contribution < 1.29 is 14.6 Å². The van der Waals surface area contributed by atoms with E-state index in [0.29, 0.717) is 16.6 Å². The fourth-order valence-electron chi connectivity index (χ4n) is 2.98. The Labute approximate surface area is 167 Å². The summed E-state index contributed by atoms with van der Waals surface area (Å²) < 4.78 is 5.27. The fourth-order valence-corrected chi connectivity index (χ4v) is 3.30. The van der Waals surface area contributed by atoms with Crippen LogP contribution in [0, 0.1) is 0 Å². The molecule has 0 atom stereocenters. The third-order valence-corrected chi connectivity index (χ3v) is 5.14. The molecule has 0 spiro atoms. The molecule has 0 aliphatic heterocycles. The summed E-state index contributed by atoms with van der Waals surface area (Å²) in [5.74, 6) is 0.651. The number of aliphatic hydroxyl groups excluding tert-OH is 1. The number of aromatic nitrogens is 1. The molecule has 0 fully saturated rings. The average Bonchev–Trinajstić information content (AvgIpc) is 3.06. The molecule has 1 amide bonds. The van der Waals surface area contributed by atoms with E-state index < -0.39 is 0 Å². The number of carbonyl (C=O) groups is 1. The number of carbonyl (C=O) groups excluding carboxylic acids is 1. The Hall–Kier alpha value is -2.21. The topological polar surface area (TPSA) is 65.6 Å². The Morgan fingerprint density at radius 3 is 2.70 bits per heavy atom. The molecule has 0 unspecified atom stereocenters. The maximum absolute atomic E-state index is 12.9. The summed E-state index contributed by atoms with van der Waals surface area (Å²) in [7, 11) is 1.61. The van der Waals surface area contributed by atoms with Crippen LogP contribution in [0.3, 0.4) is 0 Å². The van der Waals surface area contributed by atoms with E-state index in [1.807, 2.05) is 30.5 Å². The summed E-state index contributed by atoms with van der Waals surface area (Å²) in [6.07, 6.45) is 2.05. The van der Waals surface area contributed by atoms with Gasteiger partial charge in [0.15, 0.2) is 0 Å². The van der Waals surface area contributed by atoms with E-state index in [-0.39, 0.29) is 25.5 Å². The summed E-state index contributed by atoms with van der Waals surface area (Å²) in [5.41, 5.74) is 2.68. The Kier molecular flexibility index (Phi) is 6.26. The molecule has 0 saturated carbocycles. The minimum absolute atomic E-state index is 0.0844. The number of benzene rings is 2. The second kappa shape index (κ2) is 8.65. The highest BCUT2D eigenvalue weighted by molar-refractivity contribution is 6.42. The first kappa shape index (κ1) is 19.5. The number of nitrogens with one attached hydrogen (secondary N) is 1. The quantitative estimate of drug-likeness (QED) is 0.621. The van der Waals surface area contributed by atoms with Crippen LogP contribution < -0.4 is 4.74 Å². The van der Waals surface area contributed by atoms with Gasteiger partial charge in [-0.2, -0.15) is 0 Å². The molecule has 0 aliphatic rings. The van der Waals surface area contributed by atoms with Crippen LogP contribution in [0.25, 0.3) is 10.9 Å². The lowest BCUT2D eigenvalue weighted by atomic mass is 10.1. The number of hydrogen-bond acceptors (Lipinski definition) is 3. The Morgan fingerprint density at radius 1 is 1.19 bits per heavy atom. The van der Waals surface area contributed by atoms with E-state index in [0.717, 1.165) is 27.8 Å². The summed E-state index contributed by atoms with van der Waals surface area (Å²) in [6, 6.07) is 11.0. The molecule has 3 aromatic rings. The Morgan fingerprint density at radius 2 is 2.00 bits per heavy atom. The van der Waals surface area contributed by atoms with E-state index in [9.17, 15) is 9.90 Å². The van der Waals surface area contributed by atoms with Gasteiger partial charge < -0.3 is 19.7 Å². The molecule has 5 nitrogen and oxygen atoms in total. The number of aromatic amines is 1. The van der Waals surface area contributed by atoms with Gasteiger partial charge in [-0.1, -0.05) is 29.3 Å². The van der Waals surface area contributed by atoms with Crippen LogP contribution in [0.1, 0.15) is 11.1 Å². The summed E-state index contributed by atoms with van der Waals surface area (Å²) in [5, 5.41) is 11.2. The summed E-state index contributed by atoms with van der Waals surface area (Å²) >= 11 is 12.0. The van der Waals surface area contributed by atoms with Gasteiger partial charge in [0.2, 0.25) is 5.91 Å². The zero-order chi connectivity index (χ0) is 19.4. The van der Waals surface area contributed by atoms with Crippen LogP contribution in [0.2, 0.25) is 10.0 Å². The van der Waals surface area contributed by atoms with E-state index in [4.69, 9.17) is 27.9 Å². The van der Waals surface area contributed by atoms with Crippen LogP contribution in [0.15, 0.2) is 42.6 Å². The van der Waals surface area contributed by atoms with Crippen LogP contribution in [0.4, 0.5) is 0 Å². The van der Waals surface area contributed by atoms with Crippen LogP contribution in [-0.2, 0) is 17.8 Å². The number of H-pyrrole nitrogens is 1. The van der Waals surface area contributed by atoms with E-state index in [1.54, 1.807) is 24.1 Å². The largest absolute Gasteiger partial charge is 0.497 e. The highest BCUT2D eigenvalue weighted by Crippen LogP contribution is 2.25. The van der Waals surface area contributed by atoms with E-state index in [2.05, 4.69) is 4.98 Å². The van der Waals surface area contributed by atoms with Crippen molar-refractivity contribution in [2.45, 2.75) is 13.0 Å². The van der Waals surface area contributed by atoms with E-state index >= 15 is 0 Å². The molecule has 2 aromatic carbocycles. The van der Waals surface area contributed by atoms with Crippen molar-refractivity contribution >= 4 is 40.0 Å². The Balaban J connectivity index is 1.80. The molecule has 0 bridgehead atoms. The molecular weight excluding hydrogens is 387 g/mol. The maximum atomic E-state index is 12.9. The third kappa shape index (κ3) is 4.56. The number of halogens is 2. The first-order valence-electron chi connectivity index (χ1n) is 8.48. The van der Waals surface area contributed by atoms with Gasteiger partial charge in [0.05, 0.1) is 30.2 Å². The van der Waals surface area contributed by atoms with Gasteiger partial charge in [0.1, 0.15) is 5.75 Å². The average molecular weight is 407 g/mol. The highest BCUT2D eigenvalue weighted by atomic mass is 35.5. The van der Waals surface area contributed by atoms with Crippen molar-refractivity contribution in [1.29, 1.82) is 0 Å². The van der Waals surface area contributed by atoms with Crippen molar-refractivity contribution in [3.8, 4) is 5.75 Å². The number of nitrogens with zero attached hydrogens (tertiary/aromatic N) is 1. The normalized spacial score (nSPS) is 11.0. The predicted octanol–water partition coefficient (Wildman–Crippen LogP) is 4.05. The second-order valence-electron chi connectivity index (χ2n) is 6.19. The number of fused-ring (bicyclic) bond motifs is 1. The molecule has 0 aliphatic carbocycles. The number of rotatable bonds is 7. The molecule has 2 N–H and O–H groups in total. The number of amides is 1. The molecule has 27 heavy (non-hydrogen) atoms. The van der Waals surface area contributed by atoms with Crippen molar-refractivity contribution in [3.63, 3.8) is 0 Å². The molecule has 0 radical (unpaired) electrons. The lowest BCUT2D eigenvalue weighted by Gasteiger charge is -2.22. The minimum Gasteiger partial charge on any atom is -0.497 e. The monoisotopic (exact) mass is 406 g/mol. The zero-order valence-electron chi connectivity index (χ0n) is 14.8. The van der Waals surface area contributed by atoms with Crippen molar-refractivity contribution in [2.75, 3.05) is 20.3 Å². The van der Waals surface area contributed by atoms with Gasteiger partial charge in [0.25, 0.3) is 0 Å². The highest BCUT2D eigenvalue weighted by Gasteiger charge is 2.17. The van der Waals surface area contributed by atoms with Crippen LogP contribution in [0.5, 0.6) is 5.75 Å². The lowest BCUT2D eigenvalue weighted by Crippen LogP contribution is -2.34. The van der Waals surface area contributed by atoms with E-state index in [1.165, 1.54) is 0 Å². The lowest BCUT2D eigenvalue weighted by molar-refractivity contribution is -0.131. The summed E-state index contributed by atoms with van der Waals surface area (Å²) in [4.78, 5) is 17.6. The molecular formula is C20H20Cl2N2O3. The van der Waals surface area contributed by atoms with Gasteiger partial charge in [0, 0.05) is 30.2 Å².